The number of likely N-dealkylation sites (tertiary alicyclic amines) is 1. The van der Waals surface area contributed by atoms with Crippen LogP contribution in [0.2, 0.25) is 0 Å². The minimum Gasteiger partial charge on any atom is -0.484 e. The number of hydrogen-bond donors (Lipinski definition) is 0. The fourth-order valence-corrected chi connectivity index (χ4v) is 2.98. The molecule has 1 heterocycles. The fraction of sp³-hybridized carbons (Fsp3) is 0.333. The number of hydrogen-bond acceptors (Lipinski definition) is 3. The van der Waals surface area contributed by atoms with Crippen LogP contribution < -0.4 is 4.74 Å². The number of amides is 1. The lowest BCUT2D eigenvalue weighted by Crippen LogP contribution is -2.54. The first-order chi connectivity index (χ1) is 12.1. The molecule has 2 aromatic carbocycles. The highest BCUT2D eigenvalue weighted by Crippen LogP contribution is 2.23. The topological polar surface area (TPSA) is 46.6 Å². The molecule has 0 aromatic heterocycles. The van der Waals surface area contributed by atoms with Gasteiger partial charge in [-0.25, -0.2) is 0 Å². The molecule has 0 saturated carbocycles. The van der Waals surface area contributed by atoms with Crippen molar-refractivity contribution >= 4 is 11.7 Å². The van der Waals surface area contributed by atoms with Gasteiger partial charge in [0.05, 0.1) is 5.92 Å². The summed E-state index contributed by atoms with van der Waals surface area (Å²) in [5.74, 6) is 0.855. The van der Waals surface area contributed by atoms with E-state index in [-0.39, 0.29) is 24.2 Å². The molecule has 3 rings (SSSR count). The van der Waals surface area contributed by atoms with Crippen molar-refractivity contribution in [3.63, 3.8) is 0 Å². The zero-order valence-electron chi connectivity index (χ0n) is 14.7. The molecular formula is C21H23NO3. The zero-order valence-corrected chi connectivity index (χ0v) is 14.7. The Morgan fingerprint density at radius 1 is 1.08 bits per heavy atom. The smallest absolute Gasteiger partial charge is 0.260 e. The number of benzene rings is 2. The highest BCUT2D eigenvalue weighted by Gasteiger charge is 2.34. The SMILES string of the molecule is CCC(=O)C1CN(C(=O)COc2ccc(-c3cccc(C)c3)cc2)C1. The van der Waals surface area contributed by atoms with Crippen LogP contribution in [0.25, 0.3) is 11.1 Å². The van der Waals surface area contributed by atoms with Crippen LogP contribution in [0, 0.1) is 12.8 Å². The summed E-state index contributed by atoms with van der Waals surface area (Å²) in [5.41, 5.74) is 3.50. The summed E-state index contributed by atoms with van der Waals surface area (Å²) in [5, 5.41) is 0. The number of Topliss-reactive ketones (excluding diaryl/α,β-unsaturated/α-hetero) is 1. The molecule has 0 radical (unpaired) electrons. The van der Waals surface area contributed by atoms with Crippen molar-refractivity contribution in [2.75, 3.05) is 19.7 Å². The highest BCUT2D eigenvalue weighted by molar-refractivity contribution is 5.86. The second kappa shape index (κ2) is 7.51. The average molecular weight is 337 g/mol. The minimum absolute atomic E-state index is 0.0107. The van der Waals surface area contributed by atoms with Crippen LogP contribution >= 0.6 is 0 Å². The molecule has 2 aromatic rings. The van der Waals surface area contributed by atoms with Gasteiger partial charge in [0.25, 0.3) is 5.91 Å². The van der Waals surface area contributed by atoms with E-state index in [4.69, 9.17) is 4.74 Å². The van der Waals surface area contributed by atoms with Crippen LogP contribution in [-0.4, -0.2) is 36.3 Å². The lowest BCUT2D eigenvalue weighted by atomic mass is 9.94. The molecule has 1 saturated heterocycles. The Kier molecular flexibility index (Phi) is 5.17. The van der Waals surface area contributed by atoms with Gasteiger partial charge in [-0.1, -0.05) is 48.9 Å². The van der Waals surface area contributed by atoms with E-state index in [0.717, 1.165) is 11.1 Å². The Labute approximate surface area is 148 Å². The molecule has 1 fully saturated rings. The van der Waals surface area contributed by atoms with Crippen molar-refractivity contribution in [3.05, 3.63) is 54.1 Å². The van der Waals surface area contributed by atoms with Crippen LogP contribution in [0.5, 0.6) is 5.75 Å². The molecule has 130 valence electrons. The van der Waals surface area contributed by atoms with Gasteiger partial charge in [-0.15, -0.1) is 0 Å². The van der Waals surface area contributed by atoms with Gasteiger partial charge < -0.3 is 9.64 Å². The van der Waals surface area contributed by atoms with Crippen molar-refractivity contribution in [2.24, 2.45) is 5.92 Å². The molecule has 0 atom stereocenters. The van der Waals surface area contributed by atoms with Gasteiger partial charge in [-0.05, 0) is 30.2 Å². The molecule has 0 spiro atoms. The quantitative estimate of drug-likeness (QED) is 0.811. The average Bonchev–Trinajstić information content (AvgIpc) is 2.59. The zero-order chi connectivity index (χ0) is 17.8. The maximum absolute atomic E-state index is 12.1. The first-order valence-electron chi connectivity index (χ1n) is 8.67. The predicted molar refractivity (Wildman–Crippen MR) is 97.5 cm³/mol. The summed E-state index contributed by atoms with van der Waals surface area (Å²) in [7, 11) is 0. The fourth-order valence-electron chi connectivity index (χ4n) is 2.98. The van der Waals surface area contributed by atoms with Gasteiger partial charge in [0.1, 0.15) is 11.5 Å². The maximum atomic E-state index is 12.1. The number of ether oxygens (including phenoxy) is 1. The Bertz CT molecular complexity index is 761. The van der Waals surface area contributed by atoms with Crippen LogP contribution in [0.4, 0.5) is 0 Å². The van der Waals surface area contributed by atoms with Gasteiger partial charge in [-0.3, -0.25) is 9.59 Å². The summed E-state index contributed by atoms with van der Waals surface area (Å²) >= 11 is 0. The number of rotatable bonds is 6. The van der Waals surface area contributed by atoms with E-state index in [1.807, 2.05) is 37.3 Å². The van der Waals surface area contributed by atoms with E-state index >= 15 is 0 Å². The Balaban J connectivity index is 1.51. The number of ketones is 1. The second-order valence-corrected chi connectivity index (χ2v) is 6.50. The third kappa shape index (κ3) is 4.08. The van der Waals surface area contributed by atoms with Crippen molar-refractivity contribution in [1.29, 1.82) is 0 Å². The predicted octanol–water partition coefficient (Wildman–Crippen LogP) is 3.48. The normalized spacial score (nSPS) is 14.1. The van der Waals surface area contributed by atoms with Crippen LogP contribution in [-0.2, 0) is 9.59 Å². The summed E-state index contributed by atoms with van der Waals surface area (Å²) in [6.07, 6.45) is 0.538. The van der Waals surface area contributed by atoms with Gasteiger partial charge in [0.2, 0.25) is 0 Å². The summed E-state index contributed by atoms with van der Waals surface area (Å²) < 4.78 is 5.59. The number of aryl methyl sites for hydroxylation is 1. The molecule has 0 bridgehead atoms. The second-order valence-electron chi connectivity index (χ2n) is 6.50. The third-order valence-electron chi connectivity index (χ3n) is 4.61. The Morgan fingerprint density at radius 2 is 1.80 bits per heavy atom. The largest absolute Gasteiger partial charge is 0.484 e. The Hall–Kier alpha value is -2.62. The van der Waals surface area contributed by atoms with E-state index in [0.29, 0.717) is 25.3 Å². The molecule has 4 nitrogen and oxygen atoms in total. The van der Waals surface area contributed by atoms with Crippen LogP contribution in [0.15, 0.2) is 48.5 Å². The highest BCUT2D eigenvalue weighted by atomic mass is 16.5. The monoisotopic (exact) mass is 337 g/mol. The molecule has 0 N–H and O–H groups in total. The first kappa shape index (κ1) is 17.2. The molecule has 4 heteroatoms. The summed E-state index contributed by atoms with van der Waals surface area (Å²) in [4.78, 5) is 25.3. The van der Waals surface area contributed by atoms with Gasteiger partial charge in [0.15, 0.2) is 6.61 Å². The summed E-state index contributed by atoms with van der Waals surface area (Å²) in [6.45, 7) is 5.00. The van der Waals surface area contributed by atoms with Crippen LogP contribution in [0.3, 0.4) is 0 Å². The van der Waals surface area contributed by atoms with Crippen LogP contribution in [0.1, 0.15) is 18.9 Å². The van der Waals surface area contributed by atoms with Gasteiger partial charge >= 0.3 is 0 Å². The van der Waals surface area contributed by atoms with Crippen molar-refractivity contribution in [2.45, 2.75) is 20.3 Å². The maximum Gasteiger partial charge on any atom is 0.260 e. The molecule has 0 aliphatic carbocycles. The lowest BCUT2D eigenvalue weighted by molar-refractivity contribution is -0.143. The Morgan fingerprint density at radius 3 is 2.44 bits per heavy atom. The molecule has 1 aliphatic heterocycles. The number of carbonyl (C=O) groups excluding carboxylic acids is 2. The standard InChI is InChI=1S/C21H23NO3/c1-3-20(23)18-12-22(13-18)21(24)14-25-19-9-7-16(8-10-19)17-6-4-5-15(2)11-17/h4-11,18H,3,12-14H2,1-2H3. The van der Waals surface area contributed by atoms with E-state index < -0.39 is 0 Å². The minimum atomic E-state index is -0.0667. The third-order valence-corrected chi connectivity index (χ3v) is 4.61. The van der Waals surface area contributed by atoms with E-state index in [9.17, 15) is 9.59 Å². The van der Waals surface area contributed by atoms with Crippen molar-refractivity contribution in [1.82, 2.24) is 4.90 Å². The summed E-state index contributed by atoms with van der Waals surface area (Å²) in [6, 6.07) is 16.1. The van der Waals surface area contributed by atoms with E-state index in [2.05, 4.69) is 25.1 Å². The molecule has 0 unspecified atom stereocenters. The van der Waals surface area contributed by atoms with E-state index in [1.54, 1.807) is 4.90 Å². The molecule has 1 aliphatic rings. The first-order valence-corrected chi connectivity index (χ1v) is 8.67. The lowest BCUT2D eigenvalue weighted by Gasteiger charge is -2.38. The number of nitrogens with zero attached hydrogens (tertiary/aromatic N) is 1. The molecule has 1 amide bonds. The molecular weight excluding hydrogens is 314 g/mol. The van der Waals surface area contributed by atoms with E-state index in [1.165, 1.54) is 5.56 Å². The number of carbonyl (C=O) groups is 2. The molecule has 25 heavy (non-hydrogen) atoms. The van der Waals surface area contributed by atoms with Gasteiger partial charge in [0, 0.05) is 19.5 Å². The van der Waals surface area contributed by atoms with Crippen molar-refractivity contribution < 1.29 is 14.3 Å². The van der Waals surface area contributed by atoms with Gasteiger partial charge in [-0.2, -0.15) is 0 Å². The van der Waals surface area contributed by atoms with Crippen molar-refractivity contribution in [3.8, 4) is 16.9 Å².